The molecular weight excluding hydrogens is 129 g/mol. The molecule has 0 aromatic carbocycles. The first kappa shape index (κ1) is 4.05. The highest BCUT2D eigenvalue weighted by Crippen LogP contribution is 3.03. The van der Waals surface area contributed by atoms with E-state index >= 15 is 0 Å². The molecule has 6 fully saturated rings. The van der Waals surface area contributed by atoms with Crippen LogP contribution in [-0.2, 0) is 0 Å². The average molecular weight is 138 g/mol. The average Bonchev–Trinajstić information content (AvgIpc) is 1.99. The van der Waals surface area contributed by atoms with Crippen LogP contribution in [0.5, 0.6) is 0 Å². The SMILES string of the molecule is NC12C3C4C1C1C2C3C41F.[H+]. The lowest BCUT2D eigenvalue weighted by Crippen LogP contribution is -3.16. The van der Waals surface area contributed by atoms with E-state index < -0.39 is 5.67 Å². The van der Waals surface area contributed by atoms with Gasteiger partial charge in [-0.1, -0.05) is 0 Å². The van der Waals surface area contributed by atoms with Gasteiger partial charge < -0.3 is 5.73 Å². The number of rotatable bonds is 0. The Hall–Kier alpha value is -0.110. The summed E-state index contributed by atoms with van der Waals surface area (Å²) >= 11 is 0. The van der Waals surface area contributed by atoms with Gasteiger partial charge in [-0.2, -0.15) is 0 Å². The summed E-state index contributed by atoms with van der Waals surface area (Å²) in [7, 11) is 0. The van der Waals surface area contributed by atoms with Crippen LogP contribution >= 0.6 is 0 Å². The van der Waals surface area contributed by atoms with Crippen molar-refractivity contribution in [2.75, 3.05) is 0 Å². The molecule has 0 bridgehead atoms. The summed E-state index contributed by atoms with van der Waals surface area (Å²) in [5.74, 6) is 3.32. The fraction of sp³-hybridized carbons (Fsp3) is 1.00. The van der Waals surface area contributed by atoms with Crippen LogP contribution in [0.25, 0.3) is 0 Å². The Morgan fingerprint density at radius 3 is 1.70 bits per heavy atom. The van der Waals surface area contributed by atoms with Gasteiger partial charge in [0.2, 0.25) is 0 Å². The third kappa shape index (κ3) is 0.104. The Kier molecular flexibility index (Phi) is 0.251. The predicted octanol–water partition coefficient (Wildman–Crippen LogP) is 0.270. The van der Waals surface area contributed by atoms with Crippen molar-refractivity contribution in [3.8, 4) is 0 Å². The maximum absolute atomic E-state index is 13.5. The molecule has 0 aromatic rings. The monoisotopic (exact) mass is 138 g/mol. The molecule has 0 aliphatic heterocycles. The van der Waals surface area contributed by atoms with Gasteiger partial charge in [0.1, 0.15) is 5.67 Å². The Morgan fingerprint density at radius 1 is 1.00 bits per heavy atom. The third-order valence-corrected chi connectivity index (χ3v) is 5.59. The van der Waals surface area contributed by atoms with Gasteiger partial charge in [-0.3, -0.25) is 0 Å². The van der Waals surface area contributed by atoms with Crippen molar-refractivity contribution in [3.05, 3.63) is 0 Å². The lowest BCUT2D eigenvalue weighted by molar-refractivity contribution is -0.610. The first-order valence-electron chi connectivity index (χ1n) is 4.21. The molecule has 6 aliphatic carbocycles. The molecule has 6 saturated carbocycles. The fourth-order valence-corrected chi connectivity index (χ4v) is 5.48. The second-order valence-electron chi connectivity index (χ2n) is 4.98. The van der Waals surface area contributed by atoms with E-state index in [9.17, 15) is 4.39 Å². The summed E-state index contributed by atoms with van der Waals surface area (Å²) < 4.78 is 13.5. The maximum Gasteiger partial charge on any atom is 1.00 e. The molecule has 0 radical (unpaired) electrons. The second-order valence-corrected chi connectivity index (χ2v) is 4.98. The van der Waals surface area contributed by atoms with Crippen LogP contribution in [-0.4, -0.2) is 11.2 Å². The summed E-state index contributed by atoms with van der Waals surface area (Å²) in [5, 5.41) is 0. The van der Waals surface area contributed by atoms with Gasteiger partial charge in [0.05, 0.1) is 0 Å². The maximum atomic E-state index is 13.5. The lowest BCUT2D eigenvalue weighted by atomic mass is 8.97. The standard InChI is InChI=1S/C8H8FN/c9-7-1-4-2(7)6-3(7)5(1)8(4,6)10/h1-6H,10H2/p+1. The summed E-state index contributed by atoms with van der Waals surface area (Å²) in [6, 6.07) is 0. The van der Waals surface area contributed by atoms with Crippen LogP contribution in [0.2, 0.25) is 0 Å². The van der Waals surface area contributed by atoms with Crippen LogP contribution < -0.4 is 5.73 Å². The summed E-state index contributed by atoms with van der Waals surface area (Å²) in [6.45, 7) is 0. The first-order valence-corrected chi connectivity index (χ1v) is 4.21. The smallest absolute Gasteiger partial charge is 0.324 e. The summed E-state index contributed by atoms with van der Waals surface area (Å²) in [6.07, 6.45) is 0. The molecule has 2 N–H and O–H groups in total. The summed E-state index contributed by atoms with van der Waals surface area (Å²) in [5.41, 5.74) is 5.64. The van der Waals surface area contributed by atoms with Gasteiger partial charge in [0, 0.05) is 23.3 Å². The van der Waals surface area contributed by atoms with E-state index in [1.165, 1.54) is 0 Å². The summed E-state index contributed by atoms with van der Waals surface area (Å²) in [4.78, 5) is 0. The highest BCUT2D eigenvalue weighted by atomic mass is 19.1. The molecule has 6 aliphatic rings. The number of alkyl halides is 1. The Morgan fingerprint density at radius 2 is 1.40 bits per heavy atom. The van der Waals surface area contributed by atoms with E-state index in [0.717, 1.165) is 0 Å². The lowest BCUT2D eigenvalue weighted by Gasteiger charge is -3.08. The zero-order chi connectivity index (χ0) is 6.46. The second kappa shape index (κ2) is 0.619. The molecule has 0 aromatic heterocycles. The Balaban J connectivity index is 0.000000392. The number of nitrogens with two attached hydrogens (primary N) is 1. The molecule has 0 amide bonds. The van der Waals surface area contributed by atoms with Gasteiger partial charge in [0.25, 0.3) is 0 Å². The van der Waals surface area contributed by atoms with Crippen LogP contribution in [0, 0.1) is 35.5 Å². The molecule has 0 spiro atoms. The van der Waals surface area contributed by atoms with Gasteiger partial charge in [-0.25, -0.2) is 4.39 Å². The highest BCUT2D eigenvalue weighted by molar-refractivity contribution is 5.59. The largest absolute Gasteiger partial charge is 1.00 e. The molecule has 52 valence electrons. The Labute approximate surface area is 59.3 Å². The zero-order valence-electron chi connectivity index (χ0n) is 6.42. The van der Waals surface area contributed by atoms with Crippen molar-refractivity contribution in [1.82, 2.24) is 0 Å². The van der Waals surface area contributed by atoms with Gasteiger partial charge >= 0.3 is 1.43 Å². The van der Waals surface area contributed by atoms with E-state index in [1.54, 1.807) is 0 Å². The molecule has 2 heteroatoms. The normalized spacial score (nSPS) is 104. The van der Waals surface area contributed by atoms with Crippen molar-refractivity contribution in [1.29, 1.82) is 0 Å². The van der Waals surface area contributed by atoms with E-state index in [4.69, 9.17) is 5.73 Å². The van der Waals surface area contributed by atoms with Crippen molar-refractivity contribution in [2.24, 2.45) is 41.2 Å². The number of halogens is 1. The highest BCUT2D eigenvalue weighted by Gasteiger charge is 3.10. The molecule has 0 atom stereocenters. The molecular formula is C8H9FN+. The van der Waals surface area contributed by atoms with Crippen LogP contribution in [0.1, 0.15) is 1.43 Å². The molecule has 0 heterocycles. The predicted molar refractivity (Wildman–Crippen MR) is 32.8 cm³/mol. The third-order valence-electron chi connectivity index (χ3n) is 5.59. The van der Waals surface area contributed by atoms with Gasteiger partial charge in [-0.15, -0.1) is 0 Å². The Bertz CT molecular complexity index is 219. The molecule has 0 unspecified atom stereocenters. The van der Waals surface area contributed by atoms with Crippen LogP contribution in [0.3, 0.4) is 0 Å². The number of hydrogen-bond acceptors (Lipinski definition) is 1. The number of hydrogen-bond donors (Lipinski definition) is 1. The van der Waals surface area contributed by atoms with Crippen molar-refractivity contribution >= 4 is 0 Å². The minimum atomic E-state index is -0.638. The minimum absolute atomic E-state index is 0. The zero-order valence-corrected chi connectivity index (χ0v) is 5.42. The van der Waals surface area contributed by atoms with E-state index in [0.29, 0.717) is 35.5 Å². The minimum Gasteiger partial charge on any atom is -0.324 e. The fourth-order valence-electron chi connectivity index (χ4n) is 5.48. The van der Waals surface area contributed by atoms with Gasteiger partial charge in [-0.05, 0) is 17.8 Å². The van der Waals surface area contributed by atoms with E-state index in [-0.39, 0.29) is 6.97 Å². The molecule has 1 nitrogen and oxygen atoms in total. The first-order chi connectivity index (χ1) is 4.73. The quantitative estimate of drug-likeness (QED) is 0.511. The molecule has 10 heavy (non-hydrogen) atoms. The van der Waals surface area contributed by atoms with E-state index in [2.05, 4.69) is 0 Å². The van der Waals surface area contributed by atoms with Crippen molar-refractivity contribution in [3.63, 3.8) is 0 Å². The van der Waals surface area contributed by atoms with Crippen molar-refractivity contribution in [2.45, 2.75) is 11.2 Å². The van der Waals surface area contributed by atoms with Crippen LogP contribution in [0.4, 0.5) is 4.39 Å². The molecule has 0 saturated heterocycles. The molecule has 6 rings (SSSR count). The topological polar surface area (TPSA) is 26.0 Å². The van der Waals surface area contributed by atoms with E-state index in [1.807, 2.05) is 0 Å². The van der Waals surface area contributed by atoms with Gasteiger partial charge in [0.15, 0.2) is 0 Å². The van der Waals surface area contributed by atoms with Crippen molar-refractivity contribution < 1.29 is 5.82 Å². The van der Waals surface area contributed by atoms with Crippen LogP contribution in [0.15, 0.2) is 0 Å².